The van der Waals surface area contributed by atoms with Crippen LogP contribution in [0.2, 0.25) is 0 Å². The van der Waals surface area contributed by atoms with Crippen LogP contribution in [0.25, 0.3) is 50.0 Å². The molecule has 0 aliphatic carbocycles. The molecule has 0 radical (unpaired) electrons. The number of aryl methyl sites for hydroxylation is 1. The zero-order valence-electron chi connectivity index (χ0n) is 22.7. The second-order valence-electron chi connectivity index (χ2n) is 9.40. The van der Waals surface area contributed by atoms with Crippen LogP contribution in [0.4, 0.5) is 0 Å². The van der Waals surface area contributed by atoms with Crippen molar-refractivity contribution < 1.29 is 9.53 Å². The molecule has 3 heterocycles. The second-order valence-corrected chi connectivity index (χ2v) is 9.40. The van der Waals surface area contributed by atoms with Crippen molar-refractivity contribution in [2.24, 2.45) is 0 Å². The van der Waals surface area contributed by atoms with Crippen molar-refractivity contribution >= 4 is 28.3 Å². The van der Waals surface area contributed by atoms with Crippen molar-refractivity contribution in [3.63, 3.8) is 0 Å². The molecule has 8 heteroatoms. The van der Waals surface area contributed by atoms with Crippen molar-refractivity contribution in [1.82, 2.24) is 24.6 Å². The minimum atomic E-state index is 0.517. The molecular weight excluding hydrogens is 500 g/mol. The molecule has 0 saturated carbocycles. The topological polar surface area (TPSA) is 99.8 Å². The average Bonchev–Trinajstić information content (AvgIpc) is 3.58. The Morgan fingerprint density at radius 1 is 1.00 bits per heavy atom. The number of H-pyrrole nitrogens is 1. The Hall–Kier alpha value is -5.42. The summed E-state index contributed by atoms with van der Waals surface area (Å²) < 4.78 is 7.23. The Labute approximate surface area is 232 Å². The predicted molar refractivity (Wildman–Crippen MR) is 157 cm³/mol. The standard InChI is InChI=1S/C29H21N5O.C3H7NO/c1-18-26-27(19-12-14-21(35-2)15-13-19)23(16-30)28(24-17-31-25-11-7-6-10-22(24)25)32-29(26)34(33-18)20-8-4-3-5-9-20;1-4(2)3-5/h3-15,17,31H,1-2H3;3H,1-2H3. The van der Waals surface area contributed by atoms with Gasteiger partial charge in [0.1, 0.15) is 11.8 Å². The Morgan fingerprint density at radius 2 is 1.68 bits per heavy atom. The molecule has 40 heavy (non-hydrogen) atoms. The van der Waals surface area contributed by atoms with Crippen LogP contribution in [0.15, 0.2) is 85.1 Å². The minimum absolute atomic E-state index is 0.517. The number of pyridine rings is 1. The predicted octanol–water partition coefficient (Wildman–Crippen LogP) is 6.13. The van der Waals surface area contributed by atoms with E-state index >= 15 is 0 Å². The van der Waals surface area contributed by atoms with Crippen molar-refractivity contribution in [1.29, 1.82) is 5.26 Å². The first kappa shape index (κ1) is 26.2. The van der Waals surface area contributed by atoms with Gasteiger partial charge in [-0.25, -0.2) is 9.67 Å². The van der Waals surface area contributed by atoms with Gasteiger partial charge in [0.25, 0.3) is 0 Å². The molecule has 0 aliphatic heterocycles. The molecule has 0 spiro atoms. The number of benzene rings is 3. The van der Waals surface area contributed by atoms with Crippen LogP contribution in [0.5, 0.6) is 5.75 Å². The van der Waals surface area contributed by atoms with E-state index in [1.807, 2.05) is 96.7 Å². The molecule has 0 unspecified atom stereocenters. The summed E-state index contributed by atoms with van der Waals surface area (Å²) in [5, 5.41) is 17.2. The molecule has 6 rings (SSSR count). The summed E-state index contributed by atoms with van der Waals surface area (Å²) in [6.07, 6.45) is 2.67. The van der Waals surface area contributed by atoms with Crippen LogP contribution in [-0.2, 0) is 4.79 Å². The van der Waals surface area contributed by atoms with Crippen LogP contribution < -0.4 is 4.74 Å². The first-order chi connectivity index (χ1) is 19.5. The van der Waals surface area contributed by atoms with Crippen LogP contribution in [-0.4, -0.2) is 52.3 Å². The van der Waals surface area contributed by atoms with Crippen LogP contribution in [0.3, 0.4) is 0 Å². The van der Waals surface area contributed by atoms with Gasteiger partial charge < -0.3 is 14.6 Å². The lowest BCUT2D eigenvalue weighted by Crippen LogP contribution is -2.06. The SMILES string of the molecule is CN(C)C=O.COc1ccc(-c2c(C#N)c(-c3c[nH]c4ccccc34)nc3c2c(C)nn3-c2ccccc2)cc1. The monoisotopic (exact) mass is 528 g/mol. The summed E-state index contributed by atoms with van der Waals surface area (Å²) in [7, 11) is 5.02. The fourth-order valence-electron chi connectivity index (χ4n) is 4.68. The van der Waals surface area contributed by atoms with Crippen LogP contribution in [0, 0.1) is 18.3 Å². The molecule has 0 fully saturated rings. The number of fused-ring (bicyclic) bond motifs is 2. The molecule has 0 aliphatic rings. The molecule has 1 N–H and O–H groups in total. The van der Waals surface area contributed by atoms with E-state index in [2.05, 4.69) is 11.1 Å². The highest BCUT2D eigenvalue weighted by Gasteiger charge is 2.24. The highest BCUT2D eigenvalue weighted by atomic mass is 16.5. The lowest BCUT2D eigenvalue weighted by atomic mass is 9.93. The summed E-state index contributed by atoms with van der Waals surface area (Å²) in [6, 6.07) is 28.2. The molecular formula is C32H28N6O2. The minimum Gasteiger partial charge on any atom is -0.497 e. The molecule has 1 amide bonds. The third-order valence-corrected chi connectivity index (χ3v) is 6.54. The average molecular weight is 529 g/mol. The number of aromatic nitrogens is 4. The molecule has 6 aromatic rings. The van der Waals surface area contributed by atoms with Gasteiger partial charge in [0.15, 0.2) is 5.65 Å². The number of hydrogen-bond donors (Lipinski definition) is 1. The van der Waals surface area contributed by atoms with E-state index in [0.29, 0.717) is 16.9 Å². The number of rotatable bonds is 5. The fourth-order valence-corrected chi connectivity index (χ4v) is 4.68. The summed E-state index contributed by atoms with van der Waals surface area (Å²) in [5.74, 6) is 0.756. The van der Waals surface area contributed by atoms with Gasteiger partial charge in [0.05, 0.1) is 35.1 Å². The molecule has 198 valence electrons. The number of amides is 1. The van der Waals surface area contributed by atoms with E-state index in [1.165, 1.54) is 4.90 Å². The molecule has 0 bridgehead atoms. The summed E-state index contributed by atoms with van der Waals surface area (Å²) in [4.78, 5) is 19.3. The number of ether oxygens (including phenoxy) is 1. The maximum Gasteiger partial charge on any atom is 0.209 e. The number of carbonyl (C=O) groups is 1. The normalized spacial score (nSPS) is 10.6. The van der Waals surface area contributed by atoms with Gasteiger partial charge in [0.2, 0.25) is 6.41 Å². The van der Waals surface area contributed by atoms with Crippen molar-refractivity contribution in [3.8, 4) is 39.9 Å². The highest BCUT2D eigenvalue weighted by Crippen LogP contribution is 2.40. The quantitative estimate of drug-likeness (QED) is 0.271. The van der Waals surface area contributed by atoms with Gasteiger partial charge in [-0.1, -0.05) is 48.5 Å². The Kier molecular flexibility index (Phi) is 7.29. The number of hydrogen-bond acceptors (Lipinski definition) is 5. The van der Waals surface area contributed by atoms with E-state index in [9.17, 15) is 10.1 Å². The Morgan fingerprint density at radius 3 is 2.33 bits per heavy atom. The van der Waals surface area contributed by atoms with Crippen LogP contribution >= 0.6 is 0 Å². The summed E-state index contributed by atoms with van der Waals surface area (Å²) >= 11 is 0. The zero-order chi connectivity index (χ0) is 28.2. The Bertz CT molecular complexity index is 1840. The third kappa shape index (κ3) is 4.76. The van der Waals surface area contributed by atoms with Gasteiger partial charge in [-0.15, -0.1) is 0 Å². The van der Waals surface area contributed by atoms with Crippen LogP contribution in [0.1, 0.15) is 11.3 Å². The third-order valence-electron chi connectivity index (χ3n) is 6.54. The largest absolute Gasteiger partial charge is 0.497 e. The number of aromatic amines is 1. The van der Waals surface area contributed by atoms with Crippen molar-refractivity contribution in [2.75, 3.05) is 21.2 Å². The molecule has 3 aromatic heterocycles. The number of methoxy groups -OCH3 is 1. The van der Waals surface area contributed by atoms with E-state index < -0.39 is 0 Å². The summed E-state index contributed by atoms with van der Waals surface area (Å²) in [5.41, 5.74) is 7.17. The number of nitrogens with one attached hydrogen (secondary N) is 1. The van der Waals surface area contributed by atoms with Crippen molar-refractivity contribution in [2.45, 2.75) is 6.92 Å². The molecule has 0 atom stereocenters. The Balaban J connectivity index is 0.000000595. The zero-order valence-corrected chi connectivity index (χ0v) is 22.7. The van der Waals surface area contributed by atoms with E-state index in [1.54, 1.807) is 21.2 Å². The fraction of sp³-hybridized carbons (Fsp3) is 0.125. The second kappa shape index (κ2) is 11.1. The number of nitriles is 1. The highest BCUT2D eigenvalue weighted by molar-refractivity contribution is 6.04. The lowest BCUT2D eigenvalue weighted by molar-refractivity contribution is -0.115. The molecule has 0 saturated heterocycles. The van der Waals surface area contributed by atoms with Crippen molar-refractivity contribution in [3.05, 3.63) is 96.3 Å². The van der Waals surface area contributed by atoms with Gasteiger partial charge in [-0.3, -0.25) is 4.79 Å². The molecule has 8 nitrogen and oxygen atoms in total. The maximum absolute atomic E-state index is 10.5. The van der Waals surface area contributed by atoms with E-state index in [-0.39, 0.29) is 0 Å². The first-order valence-electron chi connectivity index (χ1n) is 12.7. The van der Waals surface area contributed by atoms with Gasteiger partial charge in [-0.2, -0.15) is 10.4 Å². The smallest absolute Gasteiger partial charge is 0.209 e. The first-order valence-corrected chi connectivity index (χ1v) is 12.7. The van der Waals surface area contributed by atoms with Gasteiger partial charge in [-0.05, 0) is 42.8 Å². The van der Waals surface area contributed by atoms with Gasteiger partial charge >= 0.3 is 0 Å². The molecule has 3 aromatic carbocycles. The van der Waals surface area contributed by atoms with Gasteiger partial charge in [0, 0.05) is 42.3 Å². The number of para-hydroxylation sites is 2. The number of carbonyl (C=O) groups excluding carboxylic acids is 1. The van der Waals surface area contributed by atoms with E-state index in [0.717, 1.165) is 56.5 Å². The number of nitrogens with zero attached hydrogens (tertiary/aromatic N) is 5. The van der Waals surface area contributed by atoms with E-state index in [4.69, 9.17) is 14.8 Å². The lowest BCUT2D eigenvalue weighted by Gasteiger charge is -2.13. The summed E-state index contributed by atoms with van der Waals surface area (Å²) in [6.45, 7) is 1.96. The maximum atomic E-state index is 10.5.